The van der Waals surface area contributed by atoms with Crippen LogP contribution in [0.5, 0.6) is 5.75 Å². The number of aromatic nitrogens is 1. The summed E-state index contributed by atoms with van der Waals surface area (Å²) >= 11 is 11.9. The van der Waals surface area contributed by atoms with Gasteiger partial charge in [-0.1, -0.05) is 23.2 Å². The van der Waals surface area contributed by atoms with Gasteiger partial charge in [-0.05, 0) is 25.1 Å². The Bertz CT molecular complexity index is 1000. The van der Waals surface area contributed by atoms with Crippen molar-refractivity contribution in [2.24, 2.45) is 0 Å². The molecule has 2 rings (SSSR count). The number of hydrogen-bond donors (Lipinski definition) is 5. The van der Waals surface area contributed by atoms with Crippen LogP contribution in [0.1, 0.15) is 35.3 Å². The number of phenolic OH excluding ortho intramolecular Hbond substituents is 1. The lowest BCUT2D eigenvalue weighted by Crippen LogP contribution is -2.39. The number of anilines is 2. The predicted molar refractivity (Wildman–Crippen MR) is 116 cm³/mol. The fraction of sp³-hybridized carbons (Fsp3) is 0.263. The van der Waals surface area contributed by atoms with Crippen molar-refractivity contribution in [3.63, 3.8) is 0 Å². The van der Waals surface area contributed by atoms with Gasteiger partial charge in [-0.15, -0.1) is 0 Å². The van der Waals surface area contributed by atoms with E-state index in [2.05, 4.69) is 15.6 Å². The number of hydrogen-bond acceptors (Lipinski definition) is 8. The standard InChI is InChI=1S/C19H21Cl2N5O5/c1-2-31-16(28)6-14(11-4-10(20)5-12(21)17(11)29)26-15(27)8-25-19(30)9-3-13(22)18(23)24-7-9/h3-5,7,14,29H,2,6,8,22H2,1H3,(H2,23,24)(H,25,30)(H,26,27). The maximum atomic E-state index is 12.4. The average molecular weight is 470 g/mol. The predicted octanol–water partition coefficient (Wildman–Crippen LogP) is 1.80. The van der Waals surface area contributed by atoms with Crippen LogP contribution in [0.15, 0.2) is 24.4 Å². The lowest BCUT2D eigenvalue weighted by molar-refractivity contribution is -0.143. The summed E-state index contributed by atoms with van der Waals surface area (Å²) in [6.07, 6.45) is 0.921. The molecule has 7 N–H and O–H groups in total. The summed E-state index contributed by atoms with van der Waals surface area (Å²) in [4.78, 5) is 40.4. The van der Waals surface area contributed by atoms with Crippen LogP contribution in [0.25, 0.3) is 0 Å². The van der Waals surface area contributed by atoms with Crippen LogP contribution in [0.4, 0.5) is 11.5 Å². The van der Waals surface area contributed by atoms with E-state index in [0.717, 1.165) is 0 Å². The smallest absolute Gasteiger partial charge is 0.308 e. The number of nitrogens with one attached hydrogen (secondary N) is 2. The molecule has 31 heavy (non-hydrogen) atoms. The molecule has 0 radical (unpaired) electrons. The molecule has 2 aromatic rings. The van der Waals surface area contributed by atoms with Crippen molar-refractivity contribution in [2.45, 2.75) is 19.4 Å². The molecule has 0 aliphatic carbocycles. The molecule has 166 valence electrons. The van der Waals surface area contributed by atoms with Crippen LogP contribution >= 0.6 is 23.2 Å². The Balaban J connectivity index is 2.12. The van der Waals surface area contributed by atoms with Crippen LogP contribution in [0.3, 0.4) is 0 Å². The van der Waals surface area contributed by atoms with Gasteiger partial charge in [0.1, 0.15) is 11.6 Å². The van der Waals surface area contributed by atoms with Crippen molar-refractivity contribution in [3.05, 3.63) is 45.6 Å². The third kappa shape index (κ3) is 6.63. The first-order chi connectivity index (χ1) is 14.6. The number of rotatable bonds is 8. The fourth-order valence-electron chi connectivity index (χ4n) is 2.60. The highest BCUT2D eigenvalue weighted by Gasteiger charge is 2.24. The van der Waals surface area contributed by atoms with E-state index in [1.54, 1.807) is 6.92 Å². The van der Waals surface area contributed by atoms with Crippen molar-refractivity contribution < 1.29 is 24.2 Å². The normalized spacial score (nSPS) is 11.5. The Morgan fingerprint density at radius 1 is 1.23 bits per heavy atom. The van der Waals surface area contributed by atoms with Crippen molar-refractivity contribution in [1.29, 1.82) is 0 Å². The van der Waals surface area contributed by atoms with Crippen molar-refractivity contribution in [1.82, 2.24) is 15.6 Å². The third-order valence-corrected chi connectivity index (χ3v) is 4.57. The second-order valence-corrected chi connectivity index (χ2v) is 7.18. The number of benzene rings is 1. The molecule has 0 fully saturated rings. The number of nitrogens with two attached hydrogens (primary N) is 2. The molecule has 1 aromatic heterocycles. The molecule has 10 nitrogen and oxygen atoms in total. The molecule has 1 aromatic carbocycles. The SMILES string of the molecule is CCOC(=O)CC(NC(=O)CNC(=O)c1cnc(N)c(N)c1)c1cc(Cl)cc(Cl)c1O. The zero-order chi connectivity index (χ0) is 23.1. The van der Waals surface area contributed by atoms with Gasteiger partial charge in [0, 0.05) is 16.8 Å². The summed E-state index contributed by atoms with van der Waals surface area (Å²) in [7, 11) is 0. The van der Waals surface area contributed by atoms with Crippen molar-refractivity contribution in [3.8, 4) is 5.75 Å². The number of carbonyl (C=O) groups excluding carboxylic acids is 3. The minimum atomic E-state index is -1.01. The monoisotopic (exact) mass is 469 g/mol. The molecule has 12 heteroatoms. The van der Waals surface area contributed by atoms with E-state index in [1.165, 1.54) is 24.4 Å². The van der Waals surface area contributed by atoms with Crippen LogP contribution in [-0.2, 0) is 14.3 Å². The molecular formula is C19H21Cl2N5O5. The summed E-state index contributed by atoms with van der Waals surface area (Å²) < 4.78 is 4.92. The molecule has 2 amide bonds. The van der Waals surface area contributed by atoms with Crippen LogP contribution in [0, 0.1) is 0 Å². The summed E-state index contributed by atoms with van der Waals surface area (Å²) in [6.45, 7) is 1.33. The minimum absolute atomic E-state index is 0.0487. The topological polar surface area (TPSA) is 170 Å². The van der Waals surface area contributed by atoms with E-state index in [0.29, 0.717) is 0 Å². The first kappa shape index (κ1) is 24.0. The number of esters is 1. The number of halogens is 2. The first-order valence-corrected chi connectivity index (χ1v) is 9.80. The molecule has 0 aliphatic heterocycles. The molecule has 1 unspecified atom stereocenters. The highest BCUT2D eigenvalue weighted by Crippen LogP contribution is 2.36. The van der Waals surface area contributed by atoms with E-state index in [-0.39, 0.29) is 51.5 Å². The zero-order valence-corrected chi connectivity index (χ0v) is 18.0. The highest BCUT2D eigenvalue weighted by molar-refractivity contribution is 6.35. The van der Waals surface area contributed by atoms with E-state index in [1.807, 2.05) is 0 Å². The van der Waals surface area contributed by atoms with Gasteiger partial charge >= 0.3 is 5.97 Å². The van der Waals surface area contributed by atoms with Gasteiger partial charge in [0.2, 0.25) is 5.91 Å². The van der Waals surface area contributed by atoms with E-state index in [9.17, 15) is 19.5 Å². The highest BCUT2D eigenvalue weighted by atomic mass is 35.5. The number of nitrogen functional groups attached to an aromatic ring is 2. The van der Waals surface area contributed by atoms with E-state index < -0.39 is 30.4 Å². The molecule has 0 spiro atoms. The Morgan fingerprint density at radius 2 is 1.94 bits per heavy atom. The molecule has 0 bridgehead atoms. The quantitative estimate of drug-likeness (QED) is 0.364. The van der Waals surface area contributed by atoms with Crippen LogP contribution in [0.2, 0.25) is 10.0 Å². The minimum Gasteiger partial charge on any atom is -0.506 e. The number of pyridine rings is 1. The third-order valence-electron chi connectivity index (χ3n) is 4.07. The van der Waals surface area contributed by atoms with Crippen LogP contribution < -0.4 is 22.1 Å². The molecule has 0 saturated heterocycles. The average Bonchev–Trinajstić information content (AvgIpc) is 2.70. The number of nitrogens with zero attached hydrogens (tertiary/aromatic N) is 1. The molecule has 1 heterocycles. The number of phenols is 1. The Hall–Kier alpha value is -3.24. The van der Waals surface area contributed by atoms with Gasteiger partial charge in [0.05, 0.1) is 41.9 Å². The van der Waals surface area contributed by atoms with Crippen LogP contribution in [-0.4, -0.2) is 41.0 Å². The van der Waals surface area contributed by atoms with Gasteiger partial charge in [0.25, 0.3) is 5.91 Å². The number of ether oxygens (including phenoxy) is 1. The lowest BCUT2D eigenvalue weighted by atomic mass is 10.0. The maximum Gasteiger partial charge on any atom is 0.308 e. The number of carbonyl (C=O) groups is 3. The molecule has 0 aliphatic rings. The summed E-state index contributed by atoms with van der Waals surface area (Å²) in [5, 5.41) is 15.4. The summed E-state index contributed by atoms with van der Waals surface area (Å²) in [5.41, 5.74) is 11.5. The maximum absolute atomic E-state index is 12.4. The fourth-order valence-corrected chi connectivity index (χ4v) is 3.11. The first-order valence-electron chi connectivity index (χ1n) is 9.04. The second-order valence-electron chi connectivity index (χ2n) is 6.34. The van der Waals surface area contributed by atoms with E-state index >= 15 is 0 Å². The summed E-state index contributed by atoms with van der Waals surface area (Å²) in [5.74, 6) is -2.13. The van der Waals surface area contributed by atoms with Crippen molar-refractivity contribution in [2.75, 3.05) is 24.6 Å². The largest absolute Gasteiger partial charge is 0.506 e. The summed E-state index contributed by atoms with van der Waals surface area (Å²) in [6, 6.07) is 3.01. The lowest BCUT2D eigenvalue weighted by Gasteiger charge is -2.20. The van der Waals surface area contributed by atoms with Gasteiger partial charge in [-0.25, -0.2) is 4.98 Å². The van der Waals surface area contributed by atoms with Crippen molar-refractivity contribution >= 4 is 52.5 Å². The molecule has 1 atom stereocenters. The van der Waals surface area contributed by atoms with Gasteiger partial charge in [-0.3, -0.25) is 14.4 Å². The zero-order valence-electron chi connectivity index (χ0n) is 16.4. The van der Waals surface area contributed by atoms with Gasteiger partial charge < -0.3 is 31.9 Å². The number of amides is 2. The van der Waals surface area contributed by atoms with E-state index in [4.69, 9.17) is 39.4 Å². The van der Waals surface area contributed by atoms with Gasteiger partial charge in [0.15, 0.2) is 0 Å². The number of aromatic hydroxyl groups is 1. The van der Waals surface area contributed by atoms with Gasteiger partial charge in [-0.2, -0.15) is 0 Å². The second kappa shape index (κ2) is 10.7. The Labute approximate surface area is 187 Å². The molecular weight excluding hydrogens is 449 g/mol. The Kier molecular flexibility index (Phi) is 8.29. The Morgan fingerprint density at radius 3 is 2.58 bits per heavy atom. The molecule has 0 saturated carbocycles.